The highest BCUT2D eigenvalue weighted by Gasteiger charge is 2.60. The van der Waals surface area contributed by atoms with Crippen molar-refractivity contribution in [1.29, 1.82) is 0 Å². The van der Waals surface area contributed by atoms with E-state index in [4.69, 9.17) is 8.23 Å². The molecule has 0 amide bonds. The average Bonchev–Trinajstić information content (AvgIpc) is 2.49. The first kappa shape index (κ1) is 24.5. The van der Waals surface area contributed by atoms with Gasteiger partial charge in [-0.1, -0.05) is 60.5 Å². The van der Waals surface area contributed by atoms with E-state index < -0.39 is 34.2 Å². The lowest BCUT2D eigenvalue weighted by molar-refractivity contribution is 0.337. The van der Waals surface area contributed by atoms with Crippen molar-refractivity contribution in [3.05, 3.63) is 12.2 Å². The highest BCUT2D eigenvalue weighted by atomic mass is 28.5. The zero-order valence-corrected chi connectivity index (χ0v) is 22.9. The molecule has 1 saturated heterocycles. The van der Waals surface area contributed by atoms with Gasteiger partial charge in [0.25, 0.3) is 0 Å². The van der Waals surface area contributed by atoms with Crippen molar-refractivity contribution < 1.29 is 13.0 Å². The molecule has 0 aromatic rings. The zero-order chi connectivity index (χ0) is 20.5. The van der Waals surface area contributed by atoms with Crippen molar-refractivity contribution in [2.45, 2.75) is 108 Å². The van der Waals surface area contributed by atoms with E-state index in [1.165, 1.54) is 5.57 Å². The molecule has 7 heteroatoms. The van der Waals surface area contributed by atoms with Crippen LogP contribution >= 0.6 is 0 Å². The SMILES string of the molecule is C=C(C)C[Si]1(CCC)O[Si](C(C)[Si](C)(O)C(C)C)C(C)[Si](C)(C(C)C)O1. The van der Waals surface area contributed by atoms with Crippen molar-refractivity contribution in [1.82, 2.24) is 0 Å². The summed E-state index contributed by atoms with van der Waals surface area (Å²) in [5.41, 5.74) is 2.10. The van der Waals surface area contributed by atoms with Crippen molar-refractivity contribution in [2.75, 3.05) is 0 Å². The van der Waals surface area contributed by atoms with Crippen LogP contribution in [0.5, 0.6) is 0 Å². The van der Waals surface area contributed by atoms with Crippen LogP contribution in [0.15, 0.2) is 12.2 Å². The Bertz CT molecular complexity index is 493. The topological polar surface area (TPSA) is 38.7 Å². The first-order valence-corrected chi connectivity index (χ1v) is 19.3. The second-order valence-electron chi connectivity index (χ2n) is 9.56. The molecule has 0 aromatic heterocycles. The lowest BCUT2D eigenvalue weighted by atomic mass is 10.4. The highest BCUT2D eigenvalue weighted by molar-refractivity contribution is 7.01. The monoisotopic (exact) mass is 431 g/mol. The van der Waals surface area contributed by atoms with E-state index in [0.29, 0.717) is 21.4 Å². The van der Waals surface area contributed by atoms with Crippen molar-refractivity contribution >= 4 is 34.2 Å². The standard InChI is InChI=1S/C19H43O3Si4/c1-12-13-26(14-15(2)3)21-23(18(8)24(10,20)16(4)5)19(9)25(11,22-26)17(6)7/h16-20H,2,12-14H2,1,3-11H3. The molecule has 153 valence electrons. The van der Waals surface area contributed by atoms with Gasteiger partial charge in [0.2, 0.25) is 9.04 Å². The molecule has 5 atom stereocenters. The largest absolute Gasteiger partial charge is 0.436 e. The summed E-state index contributed by atoms with van der Waals surface area (Å²) in [6.45, 7) is 26.8. The maximum absolute atomic E-state index is 11.4. The summed E-state index contributed by atoms with van der Waals surface area (Å²) in [5, 5.41) is 0.800. The van der Waals surface area contributed by atoms with Gasteiger partial charge in [-0.2, -0.15) is 0 Å². The van der Waals surface area contributed by atoms with Crippen LogP contribution in [-0.2, 0) is 8.23 Å². The van der Waals surface area contributed by atoms with Gasteiger partial charge in [0, 0.05) is 6.04 Å². The Labute approximate surface area is 167 Å². The Morgan fingerprint density at radius 3 is 2.19 bits per heavy atom. The summed E-state index contributed by atoms with van der Waals surface area (Å²) in [6.07, 6.45) is 1.10. The predicted molar refractivity (Wildman–Crippen MR) is 123 cm³/mol. The van der Waals surface area contributed by atoms with Gasteiger partial charge in [-0.05, 0) is 47.5 Å². The molecular weight excluding hydrogens is 389 g/mol. The summed E-state index contributed by atoms with van der Waals surface area (Å²) in [7, 11) is -7.76. The van der Waals surface area contributed by atoms with Gasteiger partial charge in [0.15, 0.2) is 16.6 Å². The number of hydrogen-bond acceptors (Lipinski definition) is 3. The Kier molecular flexibility index (Phi) is 8.38. The lowest BCUT2D eigenvalue weighted by Gasteiger charge is -2.55. The van der Waals surface area contributed by atoms with Crippen LogP contribution in [0.4, 0.5) is 0 Å². The minimum absolute atomic E-state index is 0.311. The summed E-state index contributed by atoms with van der Waals surface area (Å²) in [5.74, 6) is 0. The summed E-state index contributed by atoms with van der Waals surface area (Å²) in [6, 6.07) is 1.96. The molecule has 0 bridgehead atoms. The molecule has 1 radical (unpaired) electrons. The molecule has 1 heterocycles. The van der Waals surface area contributed by atoms with Crippen LogP contribution in [0.1, 0.15) is 61.8 Å². The zero-order valence-electron chi connectivity index (χ0n) is 18.9. The van der Waals surface area contributed by atoms with E-state index in [1.807, 2.05) is 0 Å². The van der Waals surface area contributed by atoms with Crippen LogP contribution in [0, 0.1) is 0 Å². The smallest absolute Gasteiger partial charge is 0.321 e. The molecule has 1 rings (SSSR count). The third kappa shape index (κ3) is 4.90. The quantitative estimate of drug-likeness (QED) is 0.363. The molecule has 0 aliphatic carbocycles. The predicted octanol–water partition coefficient (Wildman–Crippen LogP) is 6.27. The van der Waals surface area contributed by atoms with E-state index in [9.17, 15) is 4.80 Å². The van der Waals surface area contributed by atoms with Crippen molar-refractivity contribution in [2.24, 2.45) is 0 Å². The van der Waals surface area contributed by atoms with Gasteiger partial charge in [-0.3, -0.25) is 0 Å². The lowest BCUT2D eigenvalue weighted by Crippen LogP contribution is -2.68. The maximum atomic E-state index is 11.4. The first-order valence-electron chi connectivity index (χ1n) is 10.4. The summed E-state index contributed by atoms with van der Waals surface area (Å²) in [4.78, 5) is 11.4. The van der Waals surface area contributed by atoms with E-state index in [-0.39, 0.29) is 0 Å². The Morgan fingerprint density at radius 1 is 1.27 bits per heavy atom. The fourth-order valence-corrected chi connectivity index (χ4v) is 28.8. The Hall–Kier alpha value is 0.488. The normalized spacial score (nSPS) is 34.1. The van der Waals surface area contributed by atoms with Gasteiger partial charge < -0.3 is 13.0 Å². The third-order valence-corrected chi connectivity index (χ3v) is 29.9. The molecule has 0 spiro atoms. The molecular formula is C19H43O3Si4. The number of rotatable bonds is 8. The molecule has 0 saturated carbocycles. The molecule has 5 unspecified atom stereocenters. The summed E-state index contributed by atoms with van der Waals surface area (Å²) >= 11 is 0. The molecule has 1 N–H and O–H groups in total. The molecule has 1 fully saturated rings. The van der Waals surface area contributed by atoms with Crippen LogP contribution in [-0.4, -0.2) is 39.0 Å². The molecule has 3 nitrogen and oxygen atoms in total. The van der Waals surface area contributed by atoms with Gasteiger partial charge in [-0.25, -0.2) is 0 Å². The second-order valence-corrected chi connectivity index (χ2v) is 26.4. The van der Waals surface area contributed by atoms with Gasteiger partial charge in [-0.15, -0.1) is 6.58 Å². The van der Waals surface area contributed by atoms with E-state index >= 15 is 0 Å². The first-order chi connectivity index (χ1) is 11.7. The minimum Gasteiger partial charge on any atom is -0.436 e. The van der Waals surface area contributed by atoms with E-state index in [1.54, 1.807) is 0 Å². The number of allylic oxidation sites excluding steroid dienone is 1. The number of hydrogen-bond donors (Lipinski definition) is 1. The van der Waals surface area contributed by atoms with Crippen molar-refractivity contribution in [3.8, 4) is 0 Å². The molecule has 1 aliphatic heterocycles. The molecule has 26 heavy (non-hydrogen) atoms. The van der Waals surface area contributed by atoms with E-state index in [0.717, 1.165) is 18.5 Å². The molecule has 1 aliphatic rings. The van der Waals surface area contributed by atoms with Gasteiger partial charge in [0.1, 0.15) is 0 Å². The average molecular weight is 432 g/mol. The third-order valence-electron chi connectivity index (χ3n) is 6.82. The fourth-order valence-electron chi connectivity index (χ4n) is 4.07. The van der Waals surface area contributed by atoms with Crippen molar-refractivity contribution in [3.63, 3.8) is 0 Å². The van der Waals surface area contributed by atoms with Crippen LogP contribution in [0.2, 0.25) is 46.6 Å². The van der Waals surface area contributed by atoms with Crippen LogP contribution in [0.3, 0.4) is 0 Å². The highest BCUT2D eigenvalue weighted by Crippen LogP contribution is 2.50. The van der Waals surface area contributed by atoms with Crippen LogP contribution < -0.4 is 0 Å². The van der Waals surface area contributed by atoms with E-state index in [2.05, 4.69) is 75.1 Å². The fraction of sp³-hybridized carbons (Fsp3) is 0.895. The second kappa shape index (κ2) is 8.88. The maximum Gasteiger partial charge on any atom is 0.321 e. The van der Waals surface area contributed by atoms with Crippen LogP contribution in [0.25, 0.3) is 0 Å². The Balaban J connectivity index is 3.41. The molecule has 0 aromatic carbocycles. The van der Waals surface area contributed by atoms with Gasteiger partial charge >= 0.3 is 8.56 Å². The Morgan fingerprint density at radius 2 is 1.81 bits per heavy atom. The minimum atomic E-state index is -2.35. The van der Waals surface area contributed by atoms with Gasteiger partial charge in [0.05, 0.1) is 0 Å². The summed E-state index contributed by atoms with van der Waals surface area (Å²) < 4.78 is 14.1.